The van der Waals surface area contributed by atoms with E-state index >= 15 is 0 Å². The monoisotopic (exact) mass is 262 g/mol. The average molecular weight is 262 g/mol. The zero-order valence-electron chi connectivity index (χ0n) is 4.82. The molecular formula is H5CrO7P3+3. The molecule has 0 saturated carbocycles. The van der Waals surface area contributed by atoms with Crippen LogP contribution in [0.5, 0.6) is 0 Å². The fraction of sp³-hybridized carbons (Fsp3) is 0. The number of hydrogen-bond acceptors (Lipinski definition) is 3. The van der Waals surface area contributed by atoms with Crippen molar-refractivity contribution < 1.29 is 51.2 Å². The van der Waals surface area contributed by atoms with E-state index in [1.807, 2.05) is 0 Å². The van der Waals surface area contributed by atoms with Crippen LogP contribution in [0.2, 0.25) is 0 Å². The van der Waals surface area contributed by atoms with Crippen LogP contribution in [-0.2, 0) is 31.1 Å². The van der Waals surface area contributed by atoms with Gasteiger partial charge in [-0.1, -0.05) is 0 Å². The van der Waals surface area contributed by atoms with Gasteiger partial charge in [0.25, 0.3) is 0 Å². The Balaban J connectivity index is -0.0000000150. The summed E-state index contributed by atoms with van der Waals surface area (Å²) in [5.41, 5.74) is 0. The van der Waals surface area contributed by atoms with E-state index < -0.39 is 26.1 Å². The van der Waals surface area contributed by atoms with Gasteiger partial charge in [-0.2, -0.15) is 0 Å². The van der Waals surface area contributed by atoms with Crippen LogP contribution in [-0.4, -0.2) is 20.2 Å². The number of hydrogen-bond donors (Lipinski definition) is 3. The van der Waals surface area contributed by atoms with Crippen LogP contribution in [0, 0.1) is 0 Å². The molecule has 0 spiro atoms. The summed E-state index contributed by atoms with van der Waals surface area (Å²) >= 11 is 0. The van der Waals surface area contributed by atoms with Gasteiger partial charge >= 0.3 is 43.4 Å². The molecule has 5 N–H and O–H groups in total. The van der Waals surface area contributed by atoms with Crippen molar-refractivity contribution in [3.05, 3.63) is 0 Å². The van der Waals surface area contributed by atoms with Gasteiger partial charge in [0.05, 0.1) is 0 Å². The van der Waals surface area contributed by atoms with Gasteiger partial charge in [0, 0.05) is 0 Å². The molecule has 0 atom stereocenters. The molecule has 0 unspecified atom stereocenters. The van der Waals surface area contributed by atoms with Gasteiger partial charge in [0.1, 0.15) is 0 Å². The van der Waals surface area contributed by atoms with Crippen LogP contribution in [0.4, 0.5) is 0 Å². The number of rotatable bonds is 0. The molecule has 0 aromatic carbocycles. The second-order valence-electron chi connectivity index (χ2n) is 0.245. The van der Waals surface area contributed by atoms with Gasteiger partial charge in [-0.3, -0.25) is 0 Å². The average Bonchev–Trinajstić information content (AvgIpc) is 1.70. The topological polar surface area (TPSA) is 143 Å². The Kier molecular flexibility index (Phi) is 201. The third-order valence-electron chi connectivity index (χ3n) is 0. The molecule has 0 bridgehead atoms. The van der Waals surface area contributed by atoms with Crippen molar-refractivity contribution in [3.63, 3.8) is 0 Å². The largest absolute Gasteiger partial charge is 3.00 e. The zero-order valence-corrected chi connectivity index (χ0v) is 8.77. The molecule has 0 aliphatic rings. The minimum Gasteiger partial charge on any atom is -0.412 e. The van der Waals surface area contributed by atoms with Gasteiger partial charge < -0.3 is 20.2 Å². The Morgan fingerprint density at radius 1 is 0.727 bits per heavy atom. The van der Waals surface area contributed by atoms with Crippen molar-refractivity contribution in [2.75, 3.05) is 0 Å². The molecule has 0 rings (SSSR count). The summed E-state index contributed by atoms with van der Waals surface area (Å²) in [7, 11) is -2.50. The van der Waals surface area contributed by atoms with Crippen molar-refractivity contribution in [2.45, 2.75) is 0 Å². The molecule has 0 aromatic rings. The third-order valence-corrected chi connectivity index (χ3v) is 0. The molecule has 11 heavy (non-hydrogen) atoms. The first-order valence-corrected chi connectivity index (χ1v) is 3.44. The van der Waals surface area contributed by atoms with Gasteiger partial charge in [0.15, 0.2) is 0 Å². The first-order chi connectivity index (χ1) is 4.24. The summed E-state index contributed by atoms with van der Waals surface area (Å²) in [5.74, 6) is 0. The van der Waals surface area contributed by atoms with Crippen LogP contribution in [0.1, 0.15) is 0 Å². The molecule has 1 radical (unpaired) electrons. The summed E-state index contributed by atoms with van der Waals surface area (Å²) < 4.78 is 25.4. The fourth-order valence-electron chi connectivity index (χ4n) is 0. The van der Waals surface area contributed by atoms with Crippen LogP contribution < -0.4 is 0 Å². The second-order valence-corrected chi connectivity index (χ2v) is 0.735. The van der Waals surface area contributed by atoms with Crippen molar-refractivity contribution in [1.29, 1.82) is 0 Å². The van der Waals surface area contributed by atoms with Gasteiger partial charge in [-0.05, 0) is 0 Å². The van der Waals surface area contributed by atoms with Crippen molar-refractivity contribution in [2.24, 2.45) is 0 Å². The van der Waals surface area contributed by atoms with E-state index in [4.69, 9.17) is 28.4 Å². The van der Waals surface area contributed by atoms with Crippen LogP contribution in [0.25, 0.3) is 0 Å². The first-order valence-electron chi connectivity index (χ1n) is 1.15. The van der Waals surface area contributed by atoms with E-state index in [0.29, 0.717) is 0 Å². The van der Waals surface area contributed by atoms with Crippen molar-refractivity contribution in [1.82, 2.24) is 0 Å². The Labute approximate surface area is 77.7 Å². The van der Waals surface area contributed by atoms with E-state index in [-0.39, 0.29) is 22.8 Å². The van der Waals surface area contributed by atoms with Crippen LogP contribution >= 0.6 is 26.1 Å². The van der Waals surface area contributed by atoms with Crippen molar-refractivity contribution >= 4 is 26.1 Å². The summed E-state index contributed by atoms with van der Waals surface area (Å²) in [5, 5.41) is 0. The maximum atomic E-state index is 8.46. The molecule has 11 heteroatoms. The molecule has 0 aromatic heterocycles. The molecule has 0 heterocycles. The molecule has 0 fully saturated rings. The Hall–Kier alpha value is 0.672. The van der Waals surface area contributed by atoms with E-state index in [0.717, 1.165) is 0 Å². The predicted octanol–water partition coefficient (Wildman–Crippen LogP) is -0.271. The van der Waals surface area contributed by atoms with E-state index in [2.05, 4.69) is 0 Å². The SMILES string of the molecule is O.O=PO.O=PO.O=PO.[Cr+3]. The maximum Gasteiger partial charge on any atom is 3.00 e. The molecule has 0 amide bonds. The van der Waals surface area contributed by atoms with E-state index in [1.165, 1.54) is 0 Å². The fourth-order valence-corrected chi connectivity index (χ4v) is 0. The maximum absolute atomic E-state index is 8.46. The minimum absolute atomic E-state index is 0. The van der Waals surface area contributed by atoms with Gasteiger partial charge in [-0.15, -0.1) is 0 Å². The quantitative estimate of drug-likeness (QED) is 0.512. The molecule has 0 aliphatic carbocycles. The smallest absolute Gasteiger partial charge is 0.412 e. The molecular weight excluding hydrogens is 257 g/mol. The zero-order chi connectivity index (χ0) is 8.12. The summed E-state index contributed by atoms with van der Waals surface area (Å²) in [6.07, 6.45) is 0. The Morgan fingerprint density at radius 2 is 0.727 bits per heavy atom. The summed E-state index contributed by atoms with van der Waals surface area (Å²) in [6, 6.07) is 0. The van der Waals surface area contributed by atoms with Crippen LogP contribution in [0.15, 0.2) is 0 Å². The van der Waals surface area contributed by atoms with Crippen LogP contribution in [0.3, 0.4) is 0 Å². The van der Waals surface area contributed by atoms with Gasteiger partial charge in [-0.25, -0.2) is 13.7 Å². The molecule has 0 aliphatic heterocycles. The van der Waals surface area contributed by atoms with Gasteiger partial charge in [0.2, 0.25) is 0 Å². The van der Waals surface area contributed by atoms with E-state index in [1.54, 1.807) is 0 Å². The van der Waals surface area contributed by atoms with E-state index in [9.17, 15) is 0 Å². The Bertz CT molecular complexity index is 50.4. The minimum atomic E-state index is -0.833. The third kappa shape index (κ3) is 1780. The molecule has 7 nitrogen and oxygen atoms in total. The standard InChI is InChI=1S/Cr.3HO2P.H2O/c;3*1-3-2;/h;3*(H,1,2);1H2/q+3;;;;. The summed E-state index contributed by atoms with van der Waals surface area (Å²) in [4.78, 5) is 21.0. The summed E-state index contributed by atoms with van der Waals surface area (Å²) in [6.45, 7) is 0. The van der Waals surface area contributed by atoms with Crippen molar-refractivity contribution in [3.8, 4) is 0 Å². The molecule has 65 valence electrons. The Morgan fingerprint density at radius 3 is 0.727 bits per heavy atom. The second kappa shape index (κ2) is 74.0. The normalized spacial score (nSPS) is 5.73. The molecule has 0 saturated heterocycles. The first kappa shape index (κ1) is 29.9. The predicted molar refractivity (Wildman–Crippen MR) is 33.1 cm³/mol.